The third-order valence-corrected chi connectivity index (χ3v) is 5.91. The minimum absolute atomic E-state index is 0.0228. The number of likely N-dealkylation sites (N-methyl/N-ethyl adjacent to an activating group) is 1. The van der Waals surface area contributed by atoms with Crippen molar-refractivity contribution < 1.29 is 9.90 Å². The summed E-state index contributed by atoms with van der Waals surface area (Å²) in [4.78, 5) is 24.2. The molecule has 0 radical (unpaired) electrons. The summed E-state index contributed by atoms with van der Waals surface area (Å²) in [5, 5.41) is 16.8. The molecule has 0 bridgehead atoms. The highest BCUT2D eigenvalue weighted by Crippen LogP contribution is 2.47. The lowest BCUT2D eigenvalue weighted by molar-refractivity contribution is 0.149. The number of likely N-dealkylation sites (tertiary alicyclic amines) is 1. The minimum Gasteiger partial charge on any atom is -0.465 e. The zero-order chi connectivity index (χ0) is 19.0. The van der Waals surface area contributed by atoms with Crippen molar-refractivity contribution in [2.24, 2.45) is 12.5 Å². The van der Waals surface area contributed by atoms with E-state index in [0.29, 0.717) is 19.0 Å². The number of anilines is 3. The number of amides is 1. The van der Waals surface area contributed by atoms with Gasteiger partial charge in [0, 0.05) is 45.0 Å². The maximum atomic E-state index is 11.6. The molecule has 2 N–H and O–H groups in total. The molecule has 1 aliphatic carbocycles. The Morgan fingerprint density at radius 1 is 1.41 bits per heavy atom. The van der Waals surface area contributed by atoms with Crippen LogP contribution in [0.5, 0.6) is 0 Å². The number of aromatic nitrogens is 4. The number of hydrogen-bond acceptors (Lipinski definition) is 6. The van der Waals surface area contributed by atoms with E-state index in [4.69, 9.17) is 0 Å². The monoisotopic (exact) mass is 371 g/mol. The largest absolute Gasteiger partial charge is 0.465 e. The molecule has 144 valence electrons. The number of carbonyl (C=O) groups is 1. The van der Waals surface area contributed by atoms with Crippen LogP contribution in [0.15, 0.2) is 24.7 Å². The van der Waals surface area contributed by atoms with E-state index in [1.54, 1.807) is 22.0 Å². The van der Waals surface area contributed by atoms with Crippen molar-refractivity contribution >= 4 is 23.5 Å². The van der Waals surface area contributed by atoms with Gasteiger partial charge in [-0.2, -0.15) is 10.1 Å². The quantitative estimate of drug-likeness (QED) is 0.851. The lowest BCUT2D eigenvalue weighted by Crippen LogP contribution is -2.44. The zero-order valence-electron chi connectivity index (χ0n) is 15.7. The van der Waals surface area contributed by atoms with E-state index in [1.807, 2.05) is 26.4 Å². The third-order valence-electron chi connectivity index (χ3n) is 5.91. The summed E-state index contributed by atoms with van der Waals surface area (Å²) in [7, 11) is 3.86. The SMILES string of the molecule is CN(c1ccnc(Nc2cnn(C)c2)n1)C1CN(C(=O)O)CC12CCCC2. The second-order valence-corrected chi connectivity index (χ2v) is 7.63. The summed E-state index contributed by atoms with van der Waals surface area (Å²) in [5.74, 6) is 1.29. The van der Waals surface area contributed by atoms with Gasteiger partial charge in [0.25, 0.3) is 0 Å². The topological polar surface area (TPSA) is 99.4 Å². The van der Waals surface area contributed by atoms with Crippen molar-refractivity contribution in [1.29, 1.82) is 0 Å². The normalized spacial score (nSPS) is 21.0. The molecule has 3 heterocycles. The van der Waals surface area contributed by atoms with Crippen LogP contribution in [0.4, 0.5) is 22.2 Å². The Kier molecular flexibility index (Phi) is 4.37. The molecule has 1 amide bonds. The van der Waals surface area contributed by atoms with Gasteiger partial charge in [-0.1, -0.05) is 12.8 Å². The van der Waals surface area contributed by atoms with Crippen LogP contribution in [-0.2, 0) is 7.05 Å². The Morgan fingerprint density at radius 3 is 2.85 bits per heavy atom. The molecular formula is C18H25N7O2. The maximum Gasteiger partial charge on any atom is 0.407 e. The Bertz CT molecular complexity index is 831. The van der Waals surface area contributed by atoms with Gasteiger partial charge >= 0.3 is 6.09 Å². The van der Waals surface area contributed by atoms with Gasteiger partial charge in [0.15, 0.2) is 0 Å². The molecule has 2 aromatic rings. The van der Waals surface area contributed by atoms with Crippen molar-refractivity contribution in [3.63, 3.8) is 0 Å². The summed E-state index contributed by atoms with van der Waals surface area (Å²) in [6.45, 7) is 1.13. The van der Waals surface area contributed by atoms with Crippen LogP contribution < -0.4 is 10.2 Å². The third kappa shape index (κ3) is 3.29. The molecule has 9 heteroatoms. The summed E-state index contributed by atoms with van der Waals surface area (Å²) in [6.07, 6.45) is 8.92. The fourth-order valence-corrected chi connectivity index (χ4v) is 4.58. The van der Waals surface area contributed by atoms with Gasteiger partial charge < -0.3 is 20.2 Å². The van der Waals surface area contributed by atoms with Crippen molar-refractivity contribution in [3.05, 3.63) is 24.7 Å². The van der Waals surface area contributed by atoms with E-state index in [0.717, 1.165) is 37.2 Å². The first-order valence-corrected chi connectivity index (χ1v) is 9.26. The van der Waals surface area contributed by atoms with E-state index >= 15 is 0 Å². The summed E-state index contributed by atoms with van der Waals surface area (Å²) >= 11 is 0. The van der Waals surface area contributed by atoms with Crippen LogP contribution in [0.1, 0.15) is 25.7 Å². The van der Waals surface area contributed by atoms with E-state index in [9.17, 15) is 9.90 Å². The molecule has 2 aliphatic rings. The highest BCUT2D eigenvalue weighted by atomic mass is 16.4. The molecule has 1 saturated carbocycles. The number of carboxylic acid groups (broad SMARTS) is 1. The highest BCUT2D eigenvalue weighted by Gasteiger charge is 2.51. The predicted molar refractivity (Wildman–Crippen MR) is 101 cm³/mol. The van der Waals surface area contributed by atoms with E-state index in [1.165, 1.54) is 0 Å². The fraction of sp³-hybridized carbons (Fsp3) is 0.556. The number of nitrogens with one attached hydrogen (secondary N) is 1. The number of rotatable bonds is 4. The van der Waals surface area contributed by atoms with E-state index < -0.39 is 6.09 Å². The molecule has 1 unspecified atom stereocenters. The lowest BCUT2D eigenvalue weighted by atomic mass is 9.80. The van der Waals surface area contributed by atoms with Crippen LogP contribution in [0.3, 0.4) is 0 Å². The molecule has 9 nitrogen and oxygen atoms in total. The van der Waals surface area contributed by atoms with Crippen molar-refractivity contribution in [2.45, 2.75) is 31.7 Å². The average Bonchev–Trinajstić information content (AvgIpc) is 3.37. The Morgan fingerprint density at radius 2 is 2.19 bits per heavy atom. The van der Waals surface area contributed by atoms with E-state index in [2.05, 4.69) is 25.3 Å². The van der Waals surface area contributed by atoms with Gasteiger partial charge in [0.05, 0.1) is 17.9 Å². The van der Waals surface area contributed by atoms with Crippen molar-refractivity contribution in [1.82, 2.24) is 24.6 Å². The van der Waals surface area contributed by atoms with Crippen LogP contribution in [0, 0.1) is 5.41 Å². The number of hydrogen-bond donors (Lipinski definition) is 2. The molecule has 2 fully saturated rings. The Hall–Kier alpha value is -2.84. The first-order chi connectivity index (χ1) is 13.0. The molecule has 0 aromatic carbocycles. The second-order valence-electron chi connectivity index (χ2n) is 7.63. The zero-order valence-corrected chi connectivity index (χ0v) is 15.7. The smallest absolute Gasteiger partial charge is 0.407 e. The van der Waals surface area contributed by atoms with Gasteiger partial charge in [0.2, 0.25) is 5.95 Å². The molecule has 4 rings (SSSR count). The van der Waals surface area contributed by atoms with E-state index in [-0.39, 0.29) is 11.5 Å². The summed E-state index contributed by atoms with van der Waals surface area (Å²) in [6, 6.07) is 2.00. The predicted octanol–water partition coefficient (Wildman–Crippen LogP) is 2.31. The maximum absolute atomic E-state index is 11.6. The number of nitrogens with zero attached hydrogens (tertiary/aromatic N) is 6. The Labute approximate surface area is 158 Å². The lowest BCUT2D eigenvalue weighted by Gasteiger charge is -2.37. The number of aryl methyl sites for hydroxylation is 1. The highest BCUT2D eigenvalue weighted by molar-refractivity contribution is 5.66. The standard InChI is InChI=1S/C18H25N7O2/c1-23-10-13(9-20-23)21-16-19-8-5-15(22-16)24(2)14-11-25(17(26)27)12-18(14)6-3-4-7-18/h5,8-10,14H,3-4,6-7,11-12H2,1-2H3,(H,26,27)(H,19,21,22). The molecule has 1 aliphatic heterocycles. The first kappa shape index (κ1) is 17.6. The van der Waals surface area contributed by atoms with Gasteiger partial charge in [-0.15, -0.1) is 0 Å². The molecule has 2 aromatic heterocycles. The second kappa shape index (κ2) is 6.71. The molecule has 1 atom stereocenters. The molecular weight excluding hydrogens is 346 g/mol. The molecule has 1 saturated heterocycles. The van der Waals surface area contributed by atoms with Crippen LogP contribution in [-0.4, -0.2) is 62.0 Å². The summed E-state index contributed by atoms with van der Waals surface area (Å²) in [5.41, 5.74) is 0.845. The van der Waals surface area contributed by atoms with Crippen molar-refractivity contribution in [3.8, 4) is 0 Å². The van der Waals surface area contributed by atoms with Crippen LogP contribution >= 0.6 is 0 Å². The van der Waals surface area contributed by atoms with Gasteiger partial charge in [-0.25, -0.2) is 9.78 Å². The summed E-state index contributed by atoms with van der Waals surface area (Å²) < 4.78 is 1.71. The van der Waals surface area contributed by atoms with Crippen LogP contribution in [0.2, 0.25) is 0 Å². The average molecular weight is 371 g/mol. The van der Waals surface area contributed by atoms with Crippen LogP contribution in [0.25, 0.3) is 0 Å². The van der Waals surface area contributed by atoms with Gasteiger partial charge in [-0.3, -0.25) is 4.68 Å². The minimum atomic E-state index is -0.834. The van der Waals surface area contributed by atoms with Crippen molar-refractivity contribution in [2.75, 3.05) is 30.4 Å². The van der Waals surface area contributed by atoms with Gasteiger partial charge in [-0.05, 0) is 18.9 Å². The Balaban J connectivity index is 1.57. The van der Waals surface area contributed by atoms with Gasteiger partial charge in [0.1, 0.15) is 5.82 Å². The molecule has 27 heavy (non-hydrogen) atoms. The molecule has 1 spiro atoms. The first-order valence-electron chi connectivity index (χ1n) is 9.26. The fourth-order valence-electron chi connectivity index (χ4n) is 4.58.